The lowest BCUT2D eigenvalue weighted by Crippen LogP contribution is -2.27. The van der Waals surface area contributed by atoms with E-state index in [1.807, 2.05) is 4.68 Å². The van der Waals surface area contributed by atoms with Crippen LogP contribution in [0.25, 0.3) is 11.0 Å². The van der Waals surface area contributed by atoms with Gasteiger partial charge in [0.05, 0.1) is 11.4 Å². The topological polar surface area (TPSA) is 107 Å². The zero-order chi connectivity index (χ0) is 15.0. The van der Waals surface area contributed by atoms with Crippen molar-refractivity contribution < 1.29 is 9.90 Å². The summed E-state index contributed by atoms with van der Waals surface area (Å²) in [5.41, 5.74) is 6.44. The number of carboxylic acids is 1. The summed E-state index contributed by atoms with van der Waals surface area (Å²) in [6.07, 6.45) is 6.46. The van der Waals surface area contributed by atoms with E-state index >= 15 is 0 Å². The van der Waals surface area contributed by atoms with Crippen molar-refractivity contribution in [3.8, 4) is 0 Å². The van der Waals surface area contributed by atoms with Gasteiger partial charge >= 0.3 is 5.97 Å². The van der Waals surface area contributed by atoms with Crippen LogP contribution in [-0.4, -0.2) is 30.8 Å². The fraction of sp³-hybridized carbons (Fsp3) is 0.600. The molecule has 6 rings (SSSR count). The molecule has 2 aromatic heterocycles. The van der Waals surface area contributed by atoms with Gasteiger partial charge in [-0.2, -0.15) is 5.10 Å². The first-order chi connectivity index (χ1) is 10.6. The van der Waals surface area contributed by atoms with Crippen LogP contribution in [0.2, 0.25) is 0 Å². The first-order valence-corrected chi connectivity index (χ1v) is 7.85. The molecule has 2 heterocycles. The van der Waals surface area contributed by atoms with Crippen LogP contribution in [-0.2, 0) is 0 Å². The number of nitrogens with zero attached hydrogens (tertiary/aromatic N) is 4. The maximum Gasteiger partial charge on any atom is 0.357 e. The largest absolute Gasteiger partial charge is 0.476 e. The third-order valence-electron chi connectivity index (χ3n) is 6.01. The van der Waals surface area contributed by atoms with Gasteiger partial charge in [-0.25, -0.2) is 19.4 Å². The summed E-state index contributed by atoms with van der Waals surface area (Å²) in [5.74, 6) is 1.98. The molecule has 5 unspecified atom stereocenters. The first-order valence-electron chi connectivity index (χ1n) is 7.85. The van der Waals surface area contributed by atoms with Gasteiger partial charge in [-0.1, -0.05) is 0 Å². The van der Waals surface area contributed by atoms with E-state index in [-0.39, 0.29) is 17.6 Å². The third kappa shape index (κ3) is 1.41. The molecule has 4 aliphatic carbocycles. The number of hydrogen-bond acceptors (Lipinski definition) is 5. The highest BCUT2D eigenvalue weighted by atomic mass is 16.4. The number of anilines is 1. The van der Waals surface area contributed by atoms with Crippen molar-refractivity contribution >= 4 is 22.8 Å². The van der Waals surface area contributed by atoms with Gasteiger partial charge < -0.3 is 10.8 Å². The summed E-state index contributed by atoms with van der Waals surface area (Å²) < 4.78 is 1.85. The van der Waals surface area contributed by atoms with Gasteiger partial charge in [0.2, 0.25) is 0 Å². The lowest BCUT2D eigenvalue weighted by molar-refractivity contribution is 0.0689. The fourth-order valence-corrected chi connectivity index (χ4v) is 5.43. The molecule has 0 aliphatic heterocycles. The van der Waals surface area contributed by atoms with Crippen LogP contribution in [0, 0.1) is 23.7 Å². The lowest BCUT2D eigenvalue weighted by Gasteiger charge is -2.32. The van der Waals surface area contributed by atoms with E-state index in [9.17, 15) is 9.90 Å². The van der Waals surface area contributed by atoms with Crippen LogP contribution < -0.4 is 5.73 Å². The van der Waals surface area contributed by atoms with Crippen molar-refractivity contribution in [1.29, 1.82) is 0 Å². The van der Waals surface area contributed by atoms with E-state index < -0.39 is 5.97 Å². The number of fused-ring (bicyclic) bond motifs is 1. The Hall–Kier alpha value is -2.18. The minimum absolute atomic E-state index is 0.0228. The standard InChI is InChI=1S/C15H17N5O2/c16-13-10-11(15(21)22)19-20(14(10)18-5-17-13)12-8-2-6-1-7(4-8)9(12)3-6/h5-9,12H,1-4H2,(H,21,22)(H2,16,17,18). The van der Waals surface area contributed by atoms with Crippen molar-refractivity contribution in [2.24, 2.45) is 23.7 Å². The Morgan fingerprint density at radius 1 is 1.23 bits per heavy atom. The Balaban J connectivity index is 1.73. The summed E-state index contributed by atoms with van der Waals surface area (Å²) in [6, 6.07) is 0.272. The molecule has 2 aromatic rings. The maximum atomic E-state index is 11.5. The van der Waals surface area contributed by atoms with Crippen LogP contribution in [0.1, 0.15) is 42.2 Å². The normalized spacial score (nSPS) is 35.5. The van der Waals surface area contributed by atoms with Crippen LogP contribution in [0.3, 0.4) is 0 Å². The fourth-order valence-electron chi connectivity index (χ4n) is 5.43. The Morgan fingerprint density at radius 2 is 2.05 bits per heavy atom. The second-order valence-corrected chi connectivity index (χ2v) is 7.04. The van der Waals surface area contributed by atoms with Gasteiger partial charge in [0, 0.05) is 0 Å². The minimum Gasteiger partial charge on any atom is -0.476 e. The van der Waals surface area contributed by atoms with E-state index in [2.05, 4.69) is 15.1 Å². The van der Waals surface area contributed by atoms with Crippen molar-refractivity contribution in [3.63, 3.8) is 0 Å². The molecule has 0 radical (unpaired) electrons. The number of nitrogen functional groups attached to an aromatic ring is 1. The highest BCUT2D eigenvalue weighted by Crippen LogP contribution is 2.62. The highest BCUT2D eigenvalue weighted by molar-refractivity contribution is 6.04. The molecule has 4 aliphatic rings. The van der Waals surface area contributed by atoms with E-state index in [1.165, 1.54) is 32.0 Å². The number of hydrogen-bond donors (Lipinski definition) is 2. The molecule has 4 saturated carbocycles. The van der Waals surface area contributed by atoms with E-state index in [0.717, 1.165) is 11.8 Å². The van der Waals surface area contributed by atoms with Crippen LogP contribution in [0.15, 0.2) is 6.33 Å². The number of aromatic carboxylic acids is 1. The molecule has 114 valence electrons. The zero-order valence-corrected chi connectivity index (χ0v) is 12.0. The summed E-state index contributed by atoms with van der Waals surface area (Å²) in [6.45, 7) is 0. The number of carboxylic acid groups (broad SMARTS) is 1. The van der Waals surface area contributed by atoms with Gasteiger partial charge in [0.1, 0.15) is 12.1 Å². The molecule has 0 amide bonds. The SMILES string of the molecule is Nc1ncnc2c1c(C(=O)O)nn2C1C2CC3CC(C2)C1C3. The molecule has 0 aromatic carbocycles. The number of carbonyl (C=O) groups is 1. The average molecular weight is 299 g/mol. The molecule has 4 fully saturated rings. The summed E-state index contributed by atoms with van der Waals surface area (Å²) in [4.78, 5) is 19.8. The quantitative estimate of drug-likeness (QED) is 0.874. The molecular weight excluding hydrogens is 282 g/mol. The third-order valence-corrected chi connectivity index (χ3v) is 6.01. The molecule has 4 bridgehead atoms. The molecule has 3 N–H and O–H groups in total. The van der Waals surface area contributed by atoms with E-state index in [4.69, 9.17) is 5.73 Å². The van der Waals surface area contributed by atoms with E-state index in [1.54, 1.807) is 0 Å². The zero-order valence-electron chi connectivity index (χ0n) is 12.0. The Bertz CT molecular complexity index is 797. The molecule has 22 heavy (non-hydrogen) atoms. The van der Waals surface area contributed by atoms with Gasteiger partial charge in [0.15, 0.2) is 11.3 Å². The van der Waals surface area contributed by atoms with Crippen molar-refractivity contribution in [2.45, 2.75) is 31.7 Å². The smallest absolute Gasteiger partial charge is 0.357 e. The van der Waals surface area contributed by atoms with Gasteiger partial charge in [-0.15, -0.1) is 0 Å². The predicted molar refractivity (Wildman–Crippen MR) is 78.2 cm³/mol. The van der Waals surface area contributed by atoms with Crippen molar-refractivity contribution in [3.05, 3.63) is 12.0 Å². The average Bonchev–Trinajstić information content (AvgIpc) is 3.07. The summed E-state index contributed by atoms with van der Waals surface area (Å²) in [5, 5.41) is 14.2. The summed E-state index contributed by atoms with van der Waals surface area (Å²) >= 11 is 0. The lowest BCUT2D eigenvalue weighted by atomic mass is 9.79. The highest BCUT2D eigenvalue weighted by Gasteiger charge is 2.55. The Kier molecular flexibility index (Phi) is 2.23. The number of nitrogens with two attached hydrogens (primary N) is 1. The first kappa shape index (κ1) is 12.4. The Morgan fingerprint density at radius 3 is 2.82 bits per heavy atom. The monoisotopic (exact) mass is 299 g/mol. The minimum atomic E-state index is -1.07. The van der Waals surface area contributed by atoms with Gasteiger partial charge in [0.25, 0.3) is 0 Å². The molecule has 7 nitrogen and oxygen atoms in total. The van der Waals surface area contributed by atoms with Crippen molar-refractivity contribution in [1.82, 2.24) is 19.7 Å². The van der Waals surface area contributed by atoms with Gasteiger partial charge in [-0.05, 0) is 49.4 Å². The molecular formula is C15H17N5O2. The van der Waals surface area contributed by atoms with Gasteiger partial charge in [-0.3, -0.25) is 0 Å². The second-order valence-electron chi connectivity index (χ2n) is 7.04. The number of aromatic nitrogens is 4. The van der Waals surface area contributed by atoms with Crippen LogP contribution >= 0.6 is 0 Å². The molecule has 0 spiro atoms. The molecule has 5 atom stereocenters. The molecule has 0 saturated heterocycles. The molecule has 7 heteroatoms. The Labute approximate surface area is 126 Å². The van der Waals surface area contributed by atoms with Crippen LogP contribution in [0.5, 0.6) is 0 Å². The second kappa shape index (κ2) is 3.97. The van der Waals surface area contributed by atoms with E-state index in [0.29, 0.717) is 22.9 Å². The summed E-state index contributed by atoms with van der Waals surface area (Å²) in [7, 11) is 0. The maximum absolute atomic E-state index is 11.5. The van der Waals surface area contributed by atoms with Crippen molar-refractivity contribution in [2.75, 3.05) is 5.73 Å². The predicted octanol–water partition coefficient (Wildman–Crippen LogP) is 1.71. The number of rotatable bonds is 2. The van der Waals surface area contributed by atoms with Crippen LogP contribution in [0.4, 0.5) is 5.82 Å².